The number of aromatic amines is 1. The van der Waals surface area contributed by atoms with Crippen molar-refractivity contribution in [3.8, 4) is 0 Å². The predicted molar refractivity (Wildman–Crippen MR) is 85.6 cm³/mol. The smallest absolute Gasteiger partial charge is 0.344 e. The topological polar surface area (TPSA) is 79.3 Å². The Morgan fingerprint density at radius 3 is 2.95 bits per heavy atom. The van der Waals surface area contributed by atoms with Gasteiger partial charge < -0.3 is 5.32 Å². The maximum atomic E-state index is 12.4. The average molecular weight is 337 g/mol. The third kappa shape index (κ3) is 2.77. The molecule has 3 heterocycles. The molecule has 3 rings (SSSR count). The van der Waals surface area contributed by atoms with Crippen LogP contribution >= 0.6 is 22.9 Å². The van der Waals surface area contributed by atoms with Crippen molar-refractivity contribution >= 4 is 34.5 Å². The normalized spacial score (nSPS) is 12.5. The summed E-state index contributed by atoms with van der Waals surface area (Å²) in [6.07, 6.45) is 2.22. The molecule has 0 spiro atoms. The standard InChI is InChI=1S/C14H13ClN4O2S/c1-2-9(10-4-5-11(15)22-10)16-13(20)8-3-6-12-17-18-14(21)19(12)7-8/h3-7,9H,2H2,1H3,(H,16,20)(H,18,21). The van der Waals surface area contributed by atoms with Gasteiger partial charge in [-0.2, -0.15) is 5.10 Å². The number of H-pyrrole nitrogens is 1. The van der Waals surface area contributed by atoms with E-state index in [4.69, 9.17) is 11.6 Å². The highest BCUT2D eigenvalue weighted by Crippen LogP contribution is 2.28. The van der Waals surface area contributed by atoms with E-state index >= 15 is 0 Å². The number of nitrogens with one attached hydrogen (secondary N) is 2. The Bertz CT molecular complexity index is 882. The number of hydrogen-bond donors (Lipinski definition) is 2. The number of carbonyl (C=O) groups is 1. The molecule has 0 bridgehead atoms. The van der Waals surface area contributed by atoms with Crippen LogP contribution in [0.3, 0.4) is 0 Å². The van der Waals surface area contributed by atoms with Crippen LogP contribution in [0, 0.1) is 0 Å². The summed E-state index contributed by atoms with van der Waals surface area (Å²) < 4.78 is 1.99. The van der Waals surface area contributed by atoms with Crippen LogP contribution in [0.2, 0.25) is 4.34 Å². The number of hydrogen-bond acceptors (Lipinski definition) is 4. The summed E-state index contributed by atoms with van der Waals surface area (Å²) in [5.41, 5.74) is 0.498. The van der Waals surface area contributed by atoms with Gasteiger partial charge in [0.05, 0.1) is 15.9 Å². The first-order valence-corrected chi connectivity index (χ1v) is 7.91. The van der Waals surface area contributed by atoms with Crippen molar-refractivity contribution in [3.63, 3.8) is 0 Å². The van der Waals surface area contributed by atoms with Crippen molar-refractivity contribution in [1.29, 1.82) is 0 Å². The van der Waals surface area contributed by atoms with Gasteiger partial charge in [0.25, 0.3) is 5.91 Å². The minimum atomic E-state index is -0.373. The lowest BCUT2D eigenvalue weighted by atomic mass is 10.1. The molecule has 0 radical (unpaired) electrons. The second-order valence-corrected chi connectivity index (χ2v) is 6.50. The van der Waals surface area contributed by atoms with Crippen LogP contribution in [0.15, 0.2) is 35.3 Å². The lowest BCUT2D eigenvalue weighted by Crippen LogP contribution is -2.28. The molecule has 0 aromatic carbocycles. The second-order valence-electron chi connectivity index (χ2n) is 4.75. The molecule has 0 fully saturated rings. The minimum absolute atomic E-state index is 0.109. The molecule has 114 valence electrons. The number of pyridine rings is 1. The minimum Gasteiger partial charge on any atom is -0.344 e. The number of fused-ring (bicyclic) bond motifs is 1. The number of rotatable bonds is 4. The van der Waals surface area contributed by atoms with Crippen LogP contribution in [-0.2, 0) is 0 Å². The summed E-state index contributed by atoms with van der Waals surface area (Å²) in [6, 6.07) is 6.87. The number of aromatic nitrogens is 3. The van der Waals surface area contributed by atoms with Gasteiger partial charge in [-0.3, -0.25) is 4.79 Å². The van der Waals surface area contributed by atoms with Crippen LogP contribution in [0.5, 0.6) is 0 Å². The molecule has 3 aromatic heterocycles. The van der Waals surface area contributed by atoms with Crippen LogP contribution in [0.4, 0.5) is 0 Å². The van der Waals surface area contributed by atoms with E-state index in [9.17, 15) is 9.59 Å². The molecule has 8 heteroatoms. The SMILES string of the molecule is CCC(NC(=O)c1ccc2n[nH]c(=O)n2c1)c1ccc(Cl)s1. The Morgan fingerprint density at radius 2 is 2.27 bits per heavy atom. The highest BCUT2D eigenvalue weighted by molar-refractivity contribution is 7.16. The van der Waals surface area contributed by atoms with Gasteiger partial charge in [0.1, 0.15) is 0 Å². The van der Waals surface area contributed by atoms with Crippen LogP contribution in [-0.4, -0.2) is 20.5 Å². The highest BCUT2D eigenvalue weighted by atomic mass is 35.5. The van der Waals surface area contributed by atoms with Crippen molar-refractivity contribution in [2.24, 2.45) is 0 Å². The zero-order valence-electron chi connectivity index (χ0n) is 11.7. The Kier molecular flexibility index (Phi) is 4.00. The lowest BCUT2D eigenvalue weighted by Gasteiger charge is -2.15. The first kappa shape index (κ1) is 14.8. The first-order chi connectivity index (χ1) is 10.6. The molecule has 1 amide bonds. The molecule has 6 nitrogen and oxygen atoms in total. The van der Waals surface area contributed by atoms with Gasteiger partial charge in [0, 0.05) is 11.1 Å². The van der Waals surface area contributed by atoms with E-state index in [0.29, 0.717) is 15.5 Å². The van der Waals surface area contributed by atoms with Crippen LogP contribution in [0.25, 0.3) is 5.65 Å². The highest BCUT2D eigenvalue weighted by Gasteiger charge is 2.16. The van der Waals surface area contributed by atoms with Gasteiger partial charge >= 0.3 is 5.69 Å². The van der Waals surface area contributed by atoms with Gasteiger partial charge in [0.2, 0.25) is 0 Å². The predicted octanol–water partition coefficient (Wildman–Crippen LogP) is 2.62. The monoisotopic (exact) mass is 336 g/mol. The van der Waals surface area contributed by atoms with E-state index in [1.165, 1.54) is 21.9 Å². The summed E-state index contributed by atoms with van der Waals surface area (Å²) in [4.78, 5) is 24.9. The van der Waals surface area contributed by atoms with E-state index in [1.54, 1.807) is 12.1 Å². The summed E-state index contributed by atoms with van der Waals surface area (Å²) in [5, 5.41) is 9.12. The van der Waals surface area contributed by atoms with Crippen LogP contribution in [0.1, 0.15) is 34.6 Å². The molecule has 1 unspecified atom stereocenters. The molecule has 22 heavy (non-hydrogen) atoms. The van der Waals surface area contributed by atoms with Crippen molar-refractivity contribution in [2.75, 3.05) is 0 Å². The Balaban J connectivity index is 1.85. The van der Waals surface area contributed by atoms with Gasteiger partial charge in [-0.1, -0.05) is 18.5 Å². The summed E-state index contributed by atoms with van der Waals surface area (Å²) >= 11 is 7.39. The van der Waals surface area contributed by atoms with Crippen molar-refractivity contribution in [1.82, 2.24) is 19.9 Å². The zero-order valence-corrected chi connectivity index (χ0v) is 13.2. The molecule has 3 aromatic rings. The first-order valence-electron chi connectivity index (χ1n) is 6.71. The number of carbonyl (C=O) groups excluding carboxylic acids is 1. The number of halogens is 1. The summed E-state index contributed by atoms with van der Waals surface area (Å²) in [7, 11) is 0. The zero-order chi connectivity index (χ0) is 15.7. The molecule has 2 N–H and O–H groups in total. The van der Waals surface area contributed by atoms with Crippen molar-refractivity contribution < 1.29 is 4.79 Å². The average Bonchev–Trinajstić information content (AvgIpc) is 3.11. The summed E-state index contributed by atoms with van der Waals surface area (Å²) in [6.45, 7) is 1.99. The fourth-order valence-electron chi connectivity index (χ4n) is 2.17. The molecule has 0 saturated carbocycles. The Hall–Kier alpha value is -2.12. The Morgan fingerprint density at radius 1 is 1.45 bits per heavy atom. The summed E-state index contributed by atoms with van der Waals surface area (Å²) in [5.74, 6) is -0.244. The molecular weight excluding hydrogens is 324 g/mol. The lowest BCUT2D eigenvalue weighted by molar-refractivity contribution is 0.0936. The molecule has 1 atom stereocenters. The maximum Gasteiger partial charge on any atom is 0.347 e. The molecule has 0 saturated heterocycles. The van der Waals surface area contributed by atoms with E-state index in [2.05, 4.69) is 15.5 Å². The third-order valence-corrected chi connectivity index (χ3v) is 4.67. The molecule has 0 aliphatic heterocycles. The fourth-order valence-corrected chi connectivity index (χ4v) is 3.37. The molecular formula is C14H13ClN4O2S. The number of nitrogens with zero attached hydrogens (tertiary/aromatic N) is 2. The van der Waals surface area contributed by atoms with E-state index < -0.39 is 0 Å². The van der Waals surface area contributed by atoms with Crippen molar-refractivity contribution in [3.05, 3.63) is 55.7 Å². The quantitative estimate of drug-likeness (QED) is 0.768. The van der Waals surface area contributed by atoms with Gasteiger partial charge in [-0.15, -0.1) is 11.3 Å². The van der Waals surface area contributed by atoms with Gasteiger partial charge in [-0.05, 0) is 30.7 Å². The third-order valence-electron chi connectivity index (χ3n) is 3.33. The Labute approximate surface area is 134 Å². The molecule has 0 aliphatic rings. The van der Waals surface area contributed by atoms with E-state index in [0.717, 1.165) is 11.3 Å². The molecule has 0 aliphatic carbocycles. The van der Waals surface area contributed by atoms with Gasteiger partial charge in [-0.25, -0.2) is 14.3 Å². The number of amides is 1. The second kappa shape index (κ2) is 5.94. The van der Waals surface area contributed by atoms with E-state index in [-0.39, 0.29) is 17.6 Å². The van der Waals surface area contributed by atoms with Crippen molar-refractivity contribution in [2.45, 2.75) is 19.4 Å². The van der Waals surface area contributed by atoms with Gasteiger partial charge in [0.15, 0.2) is 5.65 Å². The maximum absolute atomic E-state index is 12.4. The van der Waals surface area contributed by atoms with E-state index in [1.807, 2.05) is 19.1 Å². The largest absolute Gasteiger partial charge is 0.347 e. The van der Waals surface area contributed by atoms with Crippen LogP contribution < -0.4 is 11.0 Å². The number of thiophene rings is 1. The fraction of sp³-hybridized carbons (Fsp3) is 0.214.